The van der Waals surface area contributed by atoms with E-state index in [1.807, 2.05) is 0 Å². The van der Waals surface area contributed by atoms with Crippen LogP contribution in [0.2, 0.25) is 0 Å². The quantitative estimate of drug-likeness (QED) is 0.226. The SMILES string of the molecule is C=C(C)C1CCC2(NCCN3CCS(=O)(=O)CC3)CCC3(C)C(CCC4C5(C)CC=C(CCC(C)(C)CC(N)=O)C(C)(C)C5CCC43C)C12. The summed E-state index contributed by atoms with van der Waals surface area (Å²) in [5.41, 5.74) is 9.81. The maximum atomic E-state index is 12.0. The van der Waals surface area contributed by atoms with Crippen LogP contribution in [0.25, 0.3) is 0 Å². The molecule has 6 aliphatic rings. The molecule has 0 aromatic heterocycles. The first kappa shape index (κ1) is 37.6. The molecule has 3 N–H and O–H groups in total. The normalized spacial score (nSPS) is 43.0. The number of carbonyl (C=O) groups excluding carboxylic acids is 1. The zero-order chi connectivity index (χ0) is 35.8. The van der Waals surface area contributed by atoms with Crippen molar-refractivity contribution < 1.29 is 13.2 Å². The summed E-state index contributed by atoms with van der Waals surface area (Å²) in [6.07, 6.45) is 16.7. The molecular weight excluding hydrogens is 627 g/mol. The average Bonchev–Trinajstić information content (AvgIpc) is 3.37. The van der Waals surface area contributed by atoms with Gasteiger partial charge in [-0.3, -0.25) is 4.79 Å². The number of nitrogens with zero attached hydrogens (tertiary/aromatic N) is 1. The highest BCUT2D eigenvalue weighted by Crippen LogP contribution is 2.76. The molecule has 1 saturated heterocycles. The number of nitrogens with one attached hydrogen (secondary N) is 1. The third-order valence-corrected chi connectivity index (χ3v) is 18.5. The Labute approximate surface area is 300 Å². The second-order valence-electron chi connectivity index (χ2n) is 20.2. The Morgan fingerprint density at radius 3 is 2.33 bits per heavy atom. The molecule has 1 aliphatic heterocycles. The predicted molar refractivity (Wildman–Crippen MR) is 203 cm³/mol. The van der Waals surface area contributed by atoms with Gasteiger partial charge < -0.3 is 16.0 Å². The zero-order valence-corrected chi connectivity index (χ0v) is 33.4. The Morgan fingerprint density at radius 1 is 0.980 bits per heavy atom. The van der Waals surface area contributed by atoms with E-state index in [4.69, 9.17) is 5.73 Å². The minimum Gasteiger partial charge on any atom is -0.370 e. The number of allylic oxidation sites excluding steroid dienone is 3. The minimum atomic E-state index is -2.85. The van der Waals surface area contributed by atoms with Gasteiger partial charge in [0.2, 0.25) is 5.91 Å². The molecule has 278 valence electrons. The molecule has 6 nitrogen and oxygen atoms in total. The minimum absolute atomic E-state index is 0.0642. The number of amides is 1. The van der Waals surface area contributed by atoms with Gasteiger partial charge in [0, 0.05) is 38.1 Å². The van der Waals surface area contributed by atoms with Gasteiger partial charge in [-0.05, 0) is 134 Å². The first-order valence-electron chi connectivity index (χ1n) is 20.0. The van der Waals surface area contributed by atoms with Crippen molar-refractivity contribution in [2.75, 3.05) is 37.7 Å². The lowest BCUT2D eigenvalue weighted by molar-refractivity contribution is -0.221. The lowest BCUT2D eigenvalue weighted by Crippen LogP contribution is -2.68. The van der Waals surface area contributed by atoms with Gasteiger partial charge in [0.1, 0.15) is 0 Å². The predicted octanol–water partition coefficient (Wildman–Crippen LogP) is 7.93. The summed E-state index contributed by atoms with van der Waals surface area (Å²) in [6, 6.07) is 0. The fourth-order valence-corrected chi connectivity index (χ4v) is 15.3. The van der Waals surface area contributed by atoms with Crippen molar-refractivity contribution in [1.82, 2.24) is 10.2 Å². The molecule has 0 radical (unpaired) electrons. The summed E-state index contributed by atoms with van der Waals surface area (Å²) < 4.78 is 24.0. The van der Waals surface area contributed by atoms with Crippen LogP contribution in [0.15, 0.2) is 23.8 Å². The molecule has 5 fully saturated rings. The van der Waals surface area contributed by atoms with Gasteiger partial charge in [0.15, 0.2) is 9.84 Å². The van der Waals surface area contributed by atoms with Crippen LogP contribution >= 0.6 is 0 Å². The van der Waals surface area contributed by atoms with Crippen LogP contribution in [0.5, 0.6) is 0 Å². The number of hydrogen-bond acceptors (Lipinski definition) is 5. The second-order valence-corrected chi connectivity index (χ2v) is 22.5. The molecule has 9 atom stereocenters. The molecule has 4 saturated carbocycles. The highest BCUT2D eigenvalue weighted by atomic mass is 32.2. The number of rotatable bonds is 10. The summed E-state index contributed by atoms with van der Waals surface area (Å²) in [4.78, 5) is 14.1. The number of hydrogen-bond donors (Lipinski definition) is 2. The Kier molecular flexibility index (Phi) is 9.77. The molecule has 9 unspecified atom stereocenters. The molecular formula is C42H71N3O3S. The molecule has 1 heterocycles. The summed E-state index contributed by atoms with van der Waals surface area (Å²) >= 11 is 0. The van der Waals surface area contributed by atoms with Crippen LogP contribution in [0.1, 0.15) is 132 Å². The van der Waals surface area contributed by atoms with Crippen molar-refractivity contribution in [2.24, 2.45) is 62.4 Å². The summed E-state index contributed by atoms with van der Waals surface area (Å²) in [7, 11) is -2.85. The summed E-state index contributed by atoms with van der Waals surface area (Å²) in [6.45, 7) is 27.8. The van der Waals surface area contributed by atoms with Crippen LogP contribution in [0, 0.1) is 56.7 Å². The van der Waals surface area contributed by atoms with Gasteiger partial charge in [0.25, 0.3) is 0 Å². The van der Waals surface area contributed by atoms with Crippen molar-refractivity contribution in [3.63, 3.8) is 0 Å². The van der Waals surface area contributed by atoms with Crippen molar-refractivity contribution in [1.29, 1.82) is 0 Å². The van der Waals surface area contributed by atoms with Crippen LogP contribution in [-0.2, 0) is 14.6 Å². The lowest BCUT2D eigenvalue weighted by Gasteiger charge is -2.72. The van der Waals surface area contributed by atoms with Crippen molar-refractivity contribution >= 4 is 15.7 Å². The first-order chi connectivity index (χ1) is 22.7. The fraction of sp³-hybridized carbons (Fsp3) is 0.881. The summed E-state index contributed by atoms with van der Waals surface area (Å²) in [5.74, 6) is 3.75. The third kappa shape index (κ3) is 6.34. The van der Waals surface area contributed by atoms with Crippen LogP contribution in [0.4, 0.5) is 0 Å². The molecule has 6 rings (SSSR count). The van der Waals surface area contributed by atoms with E-state index in [0.29, 0.717) is 70.9 Å². The number of primary amides is 1. The molecule has 0 aromatic rings. The van der Waals surface area contributed by atoms with Gasteiger partial charge in [-0.15, -0.1) is 0 Å². The van der Waals surface area contributed by atoms with Crippen LogP contribution < -0.4 is 11.1 Å². The average molecular weight is 698 g/mol. The molecule has 0 bridgehead atoms. The van der Waals surface area contributed by atoms with E-state index in [-0.39, 0.29) is 22.3 Å². The van der Waals surface area contributed by atoms with Crippen LogP contribution in [0.3, 0.4) is 0 Å². The second kappa shape index (κ2) is 12.7. The Bertz CT molecular complexity index is 1440. The van der Waals surface area contributed by atoms with Gasteiger partial charge in [-0.2, -0.15) is 0 Å². The zero-order valence-electron chi connectivity index (χ0n) is 32.6. The molecule has 0 aromatic carbocycles. The Balaban J connectivity index is 1.22. The fourth-order valence-electron chi connectivity index (χ4n) is 14.0. The van der Waals surface area contributed by atoms with E-state index in [1.54, 1.807) is 5.57 Å². The summed E-state index contributed by atoms with van der Waals surface area (Å²) in [5, 5.41) is 4.22. The van der Waals surface area contributed by atoms with Crippen LogP contribution in [-0.4, -0.2) is 62.4 Å². The van der Waals surface area contributed by atoms with E-state index in [9.17, 15) is 13.2 Å². The topological polar surface area (TPSA) is 92.5 Å². The van der Waals surface area contributed by atoms with E-state index in [1.165, 1.54) is 63.4 Å². The van der Waals surface area contributed by atoms with E-state index >= 15 is 0 Å². The monoisotopic (exact) mass is 698 g/mol. The van der Waals surface area contributed by atoms with Crippen molar-refractivity contribution in [2.45, 2.75) is 138 Å². The smallest absolute Gasteiger partial charge is 0.217 e. The van der Waals surface area contributed by atoms with Gasteiger partial charge >= 0.3 is 0 Å². The first-order valence-corrected chi connectivity index (χ1v) is 21.8. The molecule has 1 amide bonds. The third-order valence-electron chi connectivity index (χ3n) is 16.9. The maximum absolute atomic E-state index is 12.0. The Hall–Kier alpha value is -1.18. The number of fused-ring (bicyclic) bond motifs is 7. The van der Waals surface area contributed by atoms with E-state index in [2.05, 4.69) is 78.3 Å². The largest absolute Gasteiger partial charge is 0.370 e. The highest BCUT2D eigenvalue weighted by molar-refractivity contribution is 7.91. The number of nitrogens with two attached hydrogens (primary N) is 1. The van der Waals surface area contributed by atoms with Crippen molar-refractivity contribution in [3.05, 3.63) is 23.8 Å². The maximum Gasteiger partial charge on any atom is 0.217 e. The van der Waals surface area contributed by atoms with Gasteiger partial charge in [-0.25, -0.2) is 8.42 Å². The highest BCUT2D eigenvalue weighted by Gasteiger charge is 2.70. The van der Waals surface area contributed by atoms with Crippen molar-refractivity contribution in [3.8, 4) is 0 Å². The number of carbonyl (C=O) groups is 1. The van der Waals surface area contributed by atoms with Gasteiger partial charge in [0.05, 0.1) is 11.5 Å². The van der Waals surface area contributed by atoms with E-state index < -0.39 is 9.84 Å². The number of sulfone groups is 1. The van der Waals surface area contributed by atoms with Gasteiger partial charge in [-0.1, -0.05) is 72.3 Å². The van der Waals surface area contributed by atoms with E-state index in [0.717, 1.165) is 31.8 Å². The molecule has 7 heteroatoms. The molecule has 49 heavy (non-hydrogen) atoms. The lowest BCUT2D eigenvalue weighted by atomic mass is 9.33. The standard InChI is InChI=1S/C42H71N3O3S/c1-29(2)31-14-19-42(44-22-23-45-24-26-49(47,48)27-25-45)21-20-40(8)32(36(31)42)10-11-34-39(7)17-13-30(12-16-37(3,4)28-35(43)46)38(5,6)33(39)15-18-41(34,40)9/h13,31-34,36,44H,1,10-12,14-28H2,2-9H3,(H2,43,46). The molecule has 5 aliphatic carbocycles. The molecule has 0 spiro atoms. The Morgan fingerprint density at radius 2 is 1.67 bits per heavy atom.